The number of rotatable bonds is 1. The third-order valence-corrected chi connectivity index (χ3v) is 3.39. The van der Waals surface area contributed by atoms with Gasteiger partial charge in [-0.2, -0.15) is 0 Å². The molecule has 5 nitrogen and oxygen atoms in total. The normalized spacial score (nSPS) is 11.3. The van der Waals surface area contributed by atoms with E-state index in [1.54, 1.807) is 12.3 Å². The van der Waals surface area contributed by atoms with Crippen LogP contribution < -0.4 is 5.63 Å². The van der Waals surface area contributed by atoms with Gasteiger partial charge in [-0.1, -0.05) is 18.2 Å². The Morgan fingerprint density at radius 2 is 2.05 bits per heavy atom. The average molecular weight is 277 g/mol. The summed E-state index contributed by atoms with van der Waals surface area (Å²) in [4.78, 5) is 20.7. The number of aromatic nitrogens is 3. The third kappa shape index (κ3) is 1.90. The zero-order chi connectivity index (χ0) is 14.4. The highest BCUT2D eigenvalue weighted by atomic mass is 16.4. The van der Waals surface area contributed by atoms with Crippen molar-refractivity contribution >= 4 is 16.4 Å². The van der Waals surface area contributed by atoms with E-state index < -0.39 is 0 Å². The lowest BCUT2D eigenvalue weighted by Gasteiger charge is -1.98. The second-order valence-corrected chi connectivity index (χ2v) is 4.91. The lowest BCUT2D eigenvalue weighted by Crippen LogP contribution is -1.99. The van der Waals surface area contributed by atoms with Crippen molar-refractivity contribution in [2.75, 3.05) is 0 Å². The summed E-state index contributed by atoms with van der Waals surface area (Å²) in [7, 11) is 0. The van der Waals surface area contributed by atoms with Gasteiger partial charge in [-0.3, -0.25) is 4.98 Å². The summed E-state index contributed by atoms with van der Waals surface area (Å²) >= 11 is 0. The van der Waals surface area contributed by atoms with Crippen LogP contribution in [0.2, 0.25) is 0 Å². The van der Waals surface area contributed by atoms with Crippen LogP contribution in [0, 0.1) is 6.92 Å². The predicted octanol–water partition coefficient (Wildman–Crippen LogP) is 2.81. The van der Waals surface area contributed by atoms with Crippen molar-refractivity contribution in [2.24, 2.45) is 0 Å². The van der Waals surface area contributed by atoms with Crippen molar-refractivity contribution in [1.82, 2.24) is 14.4 Å². The van der Waals surface area contributed by atoms with Gasteiger partial charge in [0.15, 0.2) is 11.4 Å². The number of hydrogen-bond acceptors (Lipinski definition) is 4. The lowest BCUT2D eigenvalue weighted by molar-refractivity contribution is 0.533. The minimum atomic E-state index is -0.352. The van der Waals surface area contributed by atoms with Crippen LogP contribution >= 0.6 is 0 Å². The van der Waals surface area contributed by atoms with E-state index in [1.807, 2.05) is 48.0 Å². The molecule has 0 aliphatic heterocycles. The average Bonchev–Trinajstić information content (AvgIpc) is 2.90. The topological polar surface area (TPSA) is 60.4 Å². The fraction of sp³-hybridized carbons (Fsp3) is 0.0625. The van der Waals surface area contributed by atoms with Crippen LogP contribution in [0.1, 0.15) is 5.69 Å². The van der Waals surface area contributed by atoms with Gasteiger partial charge in [0.25, 0.3) is 0 Å². The van der Waals surface area contributed by atoms with Crippen LogP contribution in [0.4, 0.5) is 0 Å². The summed E-state index contributed by atoms with van der Waals surface area (Å²) < 4.78 is 7.25. The van der Waals surface area contributed by atoms with E-state index in [9.17, 15) is 4.79 Å². The molecular weight excluding hydrogens is 266 g/mol. The van der Waals surface area contributed by atoms with Gasteiger partial charge in [0.1, 0.15) is 5.69 Å². The van der Waals surface area contributed by atoms with Gasteiger partial charge in [-0.15, -0.1) is 0 Å². The molecule has 0 fully saturated rings. The molecule has 1 aromatic carbocycles. The molecule has 0 atom stereocenters. The standard InChI is InChI=1S/C16H11N3O2/c1-10-8-19-9-13(18-15(19)7-17-10)14-6-11-4-2-3-5-12(11)16(20)21-14/h2-9H,1H3. The van der Waals surface area contributed by atoms with E-state index in [1.165, 1.54) is 0 Å². The van der Waals surface area contributed by atoms with E-state index >= 15 is 0 Å². The lowest BCUT2D eigenvalue weighted by atomic mass is 10.1. The van der Waals surface area contributed by atoms with Crippen LogP contribution in [0.15, 0.2) is 58.1 Å². The van der Waals surface area contributed by atoms with Gasteiger partial charge in [-0.05, 0) is 24.4 Å². The minimum Gasteiger partial charge on any atom is -0.421 e. The number of nitrogens with zero attached hydrogens (tertiary/aromatic N) is 3. The molecule has 0 radical (unpaired) electrons. The largest absolute Gasteiger partial charge is 0.421 e. The molecule has 0 aliphatic rings. The molecule has 0 N–H and O–H groups in total. The molecular formula is C16H11N3O2. The fourth-order valence-electron chi connectivity index (χ4n) is 2.38. The molecule has 3 aromatic heterocycles. The zero-order valence-electron chi connectivity index (χ0n) is 11.3. The van der Waals surface area contributed by atoms with Crippen molar-refractivity contribution in [3.05, 3.63) is 65.0 Å². The molecule has 0 amide bonds. The minimum absolute atomic E-state index is 0.352. The molecule has 0 spiro atoms. The molecule has 0 saturated carbocycles. The maximum atomic E-state index is 12.0. The highest BCUT2D eigenvalue weighted by molar-refractivity contribution is 5.83. The summed E-state index contributed by atoms with van der Waals surface area (Å²) in [6.45, 7) is 1.91. The molecule has 21 heavy (non-hydrogen) atoms. The first-order valence-corrected chi connectivity index (χ1v) is 6.55. The Hall–Kier alpha value is -2.95. The quantitative estimate of drug-likeness (QED) is 0.537. The summed E-state index contributed by atoms with van der Waals surface area (Å²) in [5, 5.41) is 1.41. The molecule has 5 heteroatoms. The number of imidazole rings is 1. The number of fused-ring (bicyclic) bond motifs is 2. The van der Waals surface area contributed by atoms with E-state index in [2.05, 4.69) is 9.97 Å². The van der Waals surface area contributed by atoms with Gasteiger partial charge < -0.3 is 8.82 Å². The summed E-state index contributed by atoms with van der Waals surface area (Å²) in [6.07, 6.45) is 5.40. The van der Waals surface area contributed by atoms with E-state index in [0.29, 0.717) is 22.5 Å². The SMILES string of the molecule is Cc1cn2cc(-c3cc4ccccc4c(=O)o3)nc2cn1. The summed E-state index contributed by atoms with van der Waals surface area (Å²) in [5.74, 6) is 0.458. The van der Waals surface area contributed by atoms with Gasteiger partial charge in [0, 0.05) is 12.4 Å². The first-order chi connectivity index (χ1) is 10.2. The number of hydrogen-bond donors (Lipinski definition) is 0. The molecule has 0 unspecified atom stereocenters. The fourth-order valence-corrected chi connectivity index (χ4v) is 2.38. The monoisotopic (exact) mass is 277 g/mol. The van der Waals surface area contributed by atoms with Crippen LogP contribution in [0.3, 0.4) is 0 Å². The Kier molecular flexibility index (Phi) is 2.41. The zero-order valence-corrected chi connectivity index (χ0v) is 11.3. The van der Waals surface area contributed by atoms with Crippen LogP contribution in [0.25, 0.3) is 27.9 Å². The van der Waals surface area contributed by atoms with Crippen molar-refractivity contribution < 1.29 is 4.42 Å². The van der Waals surface area contributed by atoms with Crippen molar-refractivity contribution in [2.45, 2.75) is 6.92 Å². The molecule has 3 heterocycles. The van der Waals surface area contributed by atoms with E-state index in [-0.39, 0.29) is 5.63 Å². The van der Waals surface area contributed by atoms with Gasteiger partial charge in [0.05, 0.1) is 17.3 Å². The van der Waals surface area contributed by atoms with E-state index in [0.717, 1.165) is 11.1 Å². The Morgan fingerprint density at radius 1 is 1.19 bits per heavy atom. The Morgan fingerprint density at radius 3 is 2.95 bits per heavy atom. The summed E-state index contributed by atoms with van der Waals surface area (Å²) in [5.41, 5.74) is 1.87. The van der Waals surface area contributed by atoms with Crippen molar-refractivity contribution in [3.8, 4) is 11.5 Å². The smallest absolute Gasteiger partial charge is 0.344 e. The molecule has 0 bridgehead atoms. The molecule has 102 valence electrons. The van der Waals surface area contributed by atoms with Crippen molar-refractivity contribution in [1.29, 1.82) is 0 Å². The second kappa shape index (κ2) is 4.28. The molecule has 0 saturated heterocycles. The highest BCUT2D eigenvalue weighted by Crippen LogP contribution is 2.21. The van der Waals surface area contributed by atoms with Crippen LogP contribution in [-0.2, 0) is 0 Å². The van der Waals surface area contributed by atoms with Gasteiger partial charge >= 0.3 is 5.63 Å². The highest BCUT2D eigenvalue weighted by Gasteiger charge is 2.10. The van der Waals surface area contributed by atoms with Crippen LogP contribution in [0.5, 0.6) is 0 Å². The molecule has 0 aliphatic carbocycles. The first kappa shape index (κ1) is 11.8. The van der Waals surface area contributed by atoms with Gasteiger partial charge in [0.2, 0.25) is 0 Å². The molecule has 4 rings (SSSR count). The first-order valence-electron chi connectivity index (χ1n) is 6.55. The van der Waals surface area contributed by atoms with Crippen molar-refractivity contribution in [3.63, 3.8) is 0 Å². The number of benzene rings is 1. The predicted molar refractivity (Wildman–Crippen MR) is 79.2 cm³/mol. The van der Waals surface area contributed by atoms with Gasteiger partial charge in [-0.25, -0.2) is 9.78 Å². The Balaban J connectivity index is 1.97. The maximum Gasteiger partial charge on any atom is 0.344 e. The summed E-state index contributed by atoms with van der Waals surface area (Å²) in [6, 6.07) is 9.18. The number of aryl methyl sites for hydroxylation is 1. The third-order valence-electron chi connectivity index (χ3n) is 3.39. The Bertz CT molecular complexity index is 1030. The Labute approximate surface area is 119 Å². The van der Waals surface area contributed by atoms with Crippen LogP contribution in [-0.4, -0.2) is 14.4 Å². The van der Waals surface area contributed by atoms with E-state index in [4.69, 9.17) is 4.42 Å². The maximum absolute atomic E-state index is 12.0. The second-order valence-electron chi connectivity index (χ2n) is 4.91. The molecule has 4 aromatic rings.